The van der Waals surface area contributed by atoms with Crippen molar-refractivity contribution in [1.29, 1.82) is 0 Å². The van der Waals surface area contributed by atoms with Crippen LogP contribution in [0.25, 0.3) is 0 Å². The van der Waals surface area contributed by atoms with Crippen molar-refractivity contribution in [3.05, 3.63) is 27.7 Å². The van der Waals surface area contributed by atoms with E-state index in [1.54, 1.807) is 0 Å². The Labute approximate surface area is 129 Å². The number of rotatable bonds is 3. The maximum Gasteiger partial charge on any atom is 0.0528 e. The normalized spacial score (nSPS) is 25.4. The molecule has 0 aliphatic carbocycles. The standard InChI is InChI=1S/C15H22BrClN2/c1-4-10(2)14-9-19(11(3)8-18-14)15-7-12(17)5-6-13(15)16/h5-7,10-11,14,18H,4,8-9H2,1-3H3. The molecule has 3 atom stereocenters. The second-order valence-electron chi connectivity index (χ2n) is 5.50. The third kappa shape index (κ3) is 3.45. The first-order valence-electron chi connectivity index (χ1n) is 6.98. The van der Waals surface area contributed by atoms with Crippen molar-refractivity contribution < 1.29 is 0 Å². The van der Waals surface area contributed by atoms with E-state index in [0.29, 0.717) is 18.0 Å². The molecule has 1 aliphatic rings. The molecule has 0 bridgehead atoms. The Balaban J connectivity index is 2.23. The Morgan fingerprint density at radius 2 is 2.26 bits per heavy atom. The summed E-state index contributed by atoms with van der Waals surface area (Å²) in [5, 5.41) is 4.46. The fraction of sp³-hybridized carbons (Fsp3) is 0.600. The van der Waals surface area contributed by atoms with E-state index >= 15 is 0 Å². The van der Waals surface area contributed by atoms with E-state index in [1.807, 2.05) is 12.1 Å². The molecular formula is C15H22BrClN2. The predicted molar refractivity (Wildman–Crippen MR) is 87.2 cm³/mol. The van der Waals surface area contributed by atoms with Crippen molar-refractivity contribution in [2.45, 2.75) is 39.3 Å². The Hall–Kier alpha value is -0.250. The average Bonchev–Trinajstić information content (AvgIpc) is 2.41. The van der Waals surface area contributed by atoms with Crippen LogP contribution in [0.2, 0.25) is 5.02 Å². The zero-order valence-corrected chi connectivity index (χ0v) is 14.1. The third-order valence-electron chi connectivity index (χ3n) is 4.15. The summed E-state index contributed by atoms with van der Waals surface area (Å²) in [5.74, 6) is 0.688. The van der Waals surface area contributed by atoms with Crippen molar-refractivity contribution in [2.24, 2.45) is 5.92 Å². The molecular weight excluding hydrogens is 324 g/mol. The summed E-state index contributed by atoms with van der Waals surface area (Å²) in [6, 6.07) is 7.04. The van der Waals surface area contributed by atoms with E-state index in [0.717, 1.165) is 22.6 Å². The van der Waals surface area contributed by atoms with Crippen LogP contribution in [0, 0.1) is 5.92 Å². The van der Waals surface area contributed by atoms with Crippen molar-refractivity contribution in [1.82, 2.24) is 5.32 Å². The predicted octanol–water partition coefficient (Wildman–Crippen LogP) is 4.32. The Morgan fingerprint density at radius 1 is 1.53 bits per heavy atom. The molecule has 19 heavy (non-hydrogen) atoms. The van der Waals surface area contributed by atoms with Crippen LogP contribution in [0.5, 0.6) is 0 Å². The monoisotopic (exact) mass is 344 g/mol. The van der Waals surface area contributed by atoms with Crippen LogP contribution in [0.4, 0.5) is 5.69 Å². The van der Waals surface area contributed by atoms with E-state index < -0.39 is 0 Å². The van der Waals surface area contributed by atoms with E-state index in [-0.39, 0.29) is 0 Å². The molecule has 0 aromatic heterocycles. The molecule has 0 amide bonds. The van der Waals surface area contributed by atoms with Gasteiger partial charge in [-0.3, -0.25) is 0 Å². The minimum Gasteiger partial charge on any atom is -0.365 e. The van der Waals surface area contributed by atoms with Crippen LogP contribution in [-0.4, -0.2) is 25.2 Å². The van der Waals surface area contributed by atoms with Crippen molar-refractivity contribution in [3.8, 4) is 0 Å². The molecule has 1 aliphatic heterocycles. The fourth-order valence-electron chi connectivity index (χ4n) is 2.60. The van der Waals surface area contributed by atoms with Gasteiger partial charge in [0.1, 0.15) is 0 Å². The van der Waals surface area contributed by atoms with Gasteiger partial charge in [-0.1, -0.05) is 31.9 Å². The molecule has 3 unspecified atom stereocenters. The molecule has 1 saturated heterocycles. The van der Waals surface area contributed by atoms with Gasteiger partial charge in [-0.15, -0.1) is 0 Å². The number of benzene rings is 1. The van der Waals surface area contributed by atoms with Crippen molar-refractivity contribution in [2.75, 3.05) is 18.0 Å². The van der Waals surface area contributed by atoms with Crippen molar-refractivity contribution in [3.63, 3.8) is 0 Å². The van der Waals surface area contributed by atoms with Gasteiger partial charge in [0.05, 0.1) is 5.69 Å². The second kappa shape index (κ2) is 6.47. The smallest absolute Gasteiger partial charge is 0.0528 e. The van der Waals surface area contributed by atoms with Gasteiger partial charge < -0.3 is 10.2 Å². The van der Waals surface area contributed by atoms with Crippen LogP contribution in [0.3, 0.4) is 0 Å². The second-order valence-corrected chi connectivity index (χ2v) is 6.79. The van der Waals surface area contributed by atoms with Crippen LogP contribution >= 0.6 is 27.5 Å². The maximum absolute atomic E-state index is 6.15. The number of anilines is 1. The highest BCUT2D eigenvalue weighted by molar-refractivity contribution is 9.10. The van der Waals surface area contributed by atoms with Gasteiger partial charge in [-0.05, 0) is 47.0 Å². The van der Waals surface area contributed by atoms with Crippen LogP contribution in [0.15, 0.2) is 22.7 Å². The number of piperazine rings is 1. The lowest BCUT2D eigenvalue weighted by Crippen LogP contribution is -2.57. The molecule has 4 heteroatoms. The highest BCUT2D eigenvalue weighted by Crippen LogP contribution is 2.32. The number of nitrogens with zero attached hydrogens (tertiary/aromatic N) is 1. The van der Waals surface area contributed by atoms with Crippen LogP contribution in [0.1, 0.15) is 27.2 Å². The Kier molecular flexibility index (Phi) is 5.15. The lowest BCUT2D eigenvalue weighted by atomic mass is 9.95. The highest BCUT2D eigenvalue weighted by Gasteiger charge is 2.28. The number of nitrogens with one attached hydrogen (secondary N) is 1. The molecule has 1 N–H and O–H groups in total. The lowest BCUT2D eigenvalue weighted by molar-refractivity contribution is 0.315. The zero-order valence-electron chi connectivity index (χ0n) is 11.8. The summed E-state index contributed by atoms with van der Waals surface area (Å²) >= 11 is 9.79. The number of hydrogen-bond donors (Lipinski definition) is 1. The molecule has 0 radical (unpaired) electrons. The topological polar surface area (TPSA) is 15.3 Å². The first-order valence-corrected chi connectivity index (χ1v) is 8.15. The molecule has 1 aromatic carbocycles. The minimum absolute atomic E-state index is 0.482. The van der Waals surface area contributed by atoms with E-state index in [4.69, 9.17) is 11.6 Å². The SMILES string of the molecule is CCC(C)C1CN(c2cc(Cl)ccc2Br)C(C)CN1. The first-order chi connectivity index (χ1) is 9.02. The Bertz CT molecular complexity index is 438. The fourth-order valence-corrected chi connectivity index (χ4v) is 3.24. The lowest BCUT2D eigenvalue weighted by Gasteiger charge is -2.42. The summed E-state index contributed by atoms with van der Waals surface area (Å²) in [6.07, 6.45) is 1.20. The van der Waals surface area contributed by atoms with Crippen LogP contribution < -0.4 is 10.2 Å². The van der Waals surface area contributed by atoms with E-state index in [1.165, 1.54) is 12.1 Å². The number of halogens is 2. The molecule has 1 heterocycles. The van der Waals surface area contributed by atoms with Crippen molar-refractivity contribution >= 4 is 33.2 Å². The molecule has 0 saturated carbocycles. The average molecular weight is 346 g/mol. The highest BCUT2D eigenvalue weighted by atomic mass is 79.9. The van der Waals surface area contributed by atoms with Gasteiger partial charge in [0, 0.05) is 34.7 Å². The van der Waals surface area contributed by atoms with E-state index in [2.05, 4.69) is 53.0 Å². The van der Waals surface area contributed by atoms with Gasteiger partial charge in [0.2, 0.25) is 0 Å². The quantitative estimate of drug-likeness (QED) is 0.878. The summed E-state index contributed by atoms with van der Waals surface area (Å²) < 4.78 is 1.12. The van der Waals surface area contributed by atoms with Gasteiger partial charge >= 0.3 is 0 Å². The van der Waals surface area contributed by atoms with Gasteiger partial charge in [-0.2, -0.15) is 0 Å². The minimum atomic E-state index is 0.482. The molecule has 2 nitrogen and oxygen atoms in total. The first kappa shape index (κ1) is 15.1. The molecule has 1 fully saturated rings. The zero-order chi connectivity index (χ0) is 14.0. The number of hydrogen-bond acceptors (Lipinski definition) is 2. The van der Waals surface area contributed by atoms with Gasteiger partial charge in [-0.25, -0.2) is 0 Å². The molecule has 0 spiro atoms. The van der Waals surface area contributed by atoms with Gasteiger partial charge in [0.25, 0.3) is 0 Å². The largest absolute Gasteiger partial charge is 0.365 e. The summed E-state index contributed by atoms with van der Waals surface area (Å²) in [7, 11) is 0. The molecule has 1 aromatic rings. The van der Waals surface area contributed by atoms with Gasteiger partial charge in [0.15, 0.2) is 0 Å². The maximum atomic E-state index is 6.15. The third-order valence-corrected chi connectivity index (χ3v) is 5.06. The van der Waals surface area contributed by atoms with E-state index in [9.17, 15) is 0 Å². The molecule has 106 valence electrons. The summed E-state index contributed by atoms with van der Waals surface area (Å²) in [5.41, 5.74) is 1.20. The summed E-state index contributed by atoms with van der Waals surface area (Å²) in [6.45, 7) is 8.89. The summed E-state index contributed by atoms with van der Waals surface area (Å²) in [4.78, 5) is 2.46. The van der Waals surface area contributed by atoms with Crippen LogP contribution in [-0.2, 0) is 0 Å². The Morgan fingerprint density at radius 3 is 2.95 bits per heavy atom. The molecule has 2 rings (SSSR count).